The summed E-state index contributed by atoms with van der Waals surface area (Å²) in [5.41, 5.74) is 7.62. The van der Waals surface area contributed by atoms with E-state index >= 15 is 0 Å². The van der Waals surface area contributed by atoms with Gasteiger partial charge in [-0.05, 0) is 67.6 Å². The average Bonchev–Trinajstić information content (AvgIpc) is 2.97. The van der Waals surface area contributed by atoms with Crippen molar-refractivity contribution in [2.45, 2.75) is 66.0 Å². The van der Waals surface area contributed by atoms with E-state index in [4.69, 9.17) is 0 Å². The first-order chi connectivity index (χ1) is 13.8. The number of benzene rings is 1. The van der Waals surface area contributed by atoms with E-state index in [0.29, 0.717) is 11.3 Å². The Balaban J connectivity index is 1.76. The van der Waals surface area contributed by atoms with E-state index in [1.54, 1.807) is 11.3 Å². The minimum atomic E-state index is 0.350. The molecule has 1 aliphatic rings. The number of aryl methyl sites for hydroxylation is 1. The summed E-state index contributed by atoms with van der Waals surface area (Å²) < 4.78 is 2.64. The number of rotatable bonds is 5. The third-order valence-corrected chi connectivity index (χ3v) is 6.42. The van der Waals surface area contributed by atoms with Crippen LogP contribution in [0.3, 0.4) is 0 Å². The molecule has 1 aliphatic heterocycles. The molecule has 154 valence electrons. The Labute approximate surface area is 175 Å². The van der Waals surface area contributed by atoms with E-state index in [2.05, 4.69) is 79.5 Å². The topological polar surface area (TPSA) is 21.1 Å². The molecule has 1 aromatic carbocycles. The molecule has 3 heteroatoms. The maximum Gasteiger partial charge on any atom is 0.0486 e. The van der Waals surface area contributed by atoms with Gasteiger partial charge in [-0.3, -0.25) is 4.98 Å². The van der Waals surface area contributed by atoms with Crippen LogP contribution in [-0.2, 0) is 19.5 Å². The molecule has 0 fully saturated rings. The summed E-state index contributed by atoms with van der Waals surface area (Å²) in [5.74, 6) is 0.512. The quantitative estimate of drug-likeness (QED) is 0.538. The fraction of sp³-hybridized carbons (Fsp3) is 0.500. The van der Waals surface area contributed by atoms with Gasteiger partial charge in [0.2, 0.25) is 0 Å². The standard InChI is InChI=1S/C26H35N3/c1-19-6-7-24-22(16-19)23-18-28(5)15-11-25(23)29(24)17-21(8-12-26(2,3)4)20-9-13-27-14-10-20/h6-7,9-10,13-14,16,21H,8,11-12,15,17-18H2,1-5H3. The zero-order valence-corrected chi connectivity index (χ0v) is 18.7. The van der Waals surface area contributed by atoms with Gasteiger partial charge in [0.05, 0.1) is 0 Å². The molecule has 4 rings (SSSR count). The van der Waals surface area contributed by atoms with Crippen molar-refractivity contribution in [3.8, 4) is 0 Å². The second-order valence-electron chi connectivity index (χ2n) is 10.1. The van der Waals surface area contributed by atoms with E-state index in [-0.39, 0.29) is 0 Å². The average molecular weight is 390 g/mol. The number of aromatic nitrogens is 2. The highest BCUT2D eigenvalue weighted by atomic mass is 15.1. The molecule has 2 aromatic heterocycles. The molecule has 1 unspecified atom stereocenters. The molecule has 0 N–H and O–H groups in total. The van der Waals surface area contributed by atoms with E-state index in [1.807, 2.05) is 12.4 Å². The Bertz CT molecular complexity index is 979. The van der Waals surface area contributed by atoms with Gasteiger partial charge in [0.25, 0.3) is 0 Å². The smallest absolute Gasteiger partial charge is 0.0486 e. The van der Waals surface area contributed by atoms with E-state index < -0.39 is 0 Å². The third-order valence-electron chi connectivity index (χ3n) is 6.42. The molecule has 3 aromatic rings. The van der Waals surface area contributed by atoms with Gasteiger partial charge in [0.1, 0.15) is 0 Å². The van der Waals surface area contributed by atoms with Gasteiger partial charge in [0.15, 0.2) is 0 Å². The minimum absolute atomic E-state index is 0.350. The van der Waals surface area contributed by atoms with Gasteiger partial charge in [0, 0.05) is 61.0 Å². The van der Waals surface area contributed by atoms with Crippen LogP contribution in [0.4, 0.5) is 0 Å². The van der Waals surface area contributed by atoms with Gasteiger partial charge in [-0.2, -0.15) is 0 Å². The van der Waals surface area contributed by atoms with Gasteiger partial charge < -0.3 is 9.47 Å². The summed E-state index contributed by atoms with van der Waals surface area (Å²) in [7, 11) is 2.24. The SMILES string of the molecule is Cc1ccc2c(c1)c1c(n2CC(CCC(C)(C)C)c2ccncc2)CCN(C)C1. The number of hydrogen-bond donors (Lipinski definition) is 0. The molecule has 0 aliphatic carbocycles. The normalized spacial score (nSPS) is 16.2. The third kappa shape index (κ3) is 4.40. The second kappa shape index (κ2) is 7.95. The maximum absolute atomic E-state index is 4.26. The Kier molecular flexibility index (Phi) is 5.52. The summed E-state index contributed by atoms with van der Waals surface area (Å²) in [5, 5.41) is 1.45. The number of hydrogen-bond acceptors (Lipinski definition) is 2. The van der Waals surface area contributed by atoms with E-state index in [9.17, 15) is 0 Å². The summed E-state index contributed by atoms with van der Waals surface area (Å²) in [6, 6.07) is 11.4. The summed E-state index contributed by atoms with van der Waals surface area (Å²) in [6.07, 6.45) is 7.46. The fourth-order valence-electron chi connectivity index (χ4n) is 4.73. The van der Waals surface area contributed by atoms with Crippen LogP contribution in [0.5, 0.6) is 0 Å². The molecule has 0 saturated carbocycles. The lowest BCUT2D eigenvalue weighted by molar-refractivity contribution is 0.305. The Morgan fingerprint density at radius 1 is 1.10 bits per heavy atom. The summed E-state index contributed by atoms with van der Waals surface area (Å²) in [6.45, 7) is 12.5. The number of likely N-dealkylation sites (N-methyl/N-ethyl adjacent to an activating group) is 1. The van der Waals surface area contributed by atoms with Crippen molar-refractivity contribution in [1.29, 1.82) is 0 Å². The van der Waals surface area contributed by atoms with Crippen molar-refractivity contribution in [2.24, 2.45) is 5.41 Å². The largest absolute Gasteiger partial charge is 0.344 e. The van der Waals surface area contributed by atoms with Crippen molar-refractivity contribution in [1.82, 2.24) is 14.5 Å². The first kappa shape index (κ1) is 20.2. The number of pyridine rings is 1. The van der Waals surface area contributed by atoms with Crippen LogP contribution in [0.15, 0.2) is 42.7 Å². The Hall–Kier alpha value is -2.13. The molecule has 29 heavy (non-hydrogen) atoms. The lowest BCUT2D eigenvalue weighted by atomic mass is 9.84. The molecule has 0 saturated heterocycles. The van der Waals surface area contributed by atoms with Crippen molar-refractivity contribution in [3.05, 3.63) is 65.1 Å². The lowest BCUT2D eigenvalue weighted by Crippen LogP contribution is -2.27. The Morgan fingerprint density at radius 2 is 1.86 bits per heavy atom. The van der Waals surface area contributed by atoms with Gasteiger partial charge in [-0.15, -0.1) is 0 Å². The lowest BCUT2D eigenvalue weighted by Gasteiger charge is -2.27. The minimum Gasteiger partial charge on any atom is -0.344 e. The Morgan fingerprint density at radius 3 is 2.59 bits per heavy atom. The molecular formula is C26H35N3. The van der Waals surface area contributed by atoms with Crippen LogP contribution in [-0.4, -0.2) is 28.0 Å². The first-order valence-electron chi connectivity index (χ1n) is 11.0. The summed E-state index contributed by atoms with van der Waals surface area (Å²) >= 11 is 0. The highest BCUT2D eigenvalue weighted by Gasteiger charge is 2.25. The fourth-order valence-corrected chi connectivity index (χ4v) is 4.73. The van der Waals surface area contributed by atoms with Crippen LogP contribution in [0, 0.1) is 12.3 Å². The predicted octanol–water partition coefficient (Wildman–Crippen LogP) is 5.94. The zero-order chi connectivity index (χ0) is 20.6. The van der Waals surface area contributed by atoms with E-state index in [1.165, 1.54) is 34.9 Å². The molecule has 0 radical (unpaired) electrons. The molecular weight excluding hydrogens is 354 g/mol. The molecule has 3 nitrogen and oxygen atoms in total. The van der Waals surface area contributed by atoms with Gasteiger partial charge in [-0.25, -0.2) is 0 Å². The highest BCUT2D eigenvalue weighted by Crippen LogP contribution is 2.35. The monoisotopic (exact) mass is 389 g/mol. The van der Waals surface area contributed by atoms with E-state index in [0.717, 1.165) is 26.1 Å². The molecule has 0 spiro atoms. The van der Waals surface area contributed by atoms with Crippen LogP contribution >= 0.6 is 0 Å². The first-order valence-corrected chi connectivity index (χ1v) is 11.0. The molecule has 1 atom stereocenters. The van der Waals surface area contributed by atoms with Gasteiger partial charge >= 0.3 is 0 Å². The predicted molar refractivity (Wildman–Crippen MR) is 122 cm³/mol. The van der Waals surface area contributed by atoms with Crippen molar-refractivity contribution >= 4 is 10.9 Å². The van der Waals surface area contributed by atoms with Crippen molar-refractivity contribution in [3.63, 3.8) is 0 Å². The van der Waals surface area contributed by atoms with Crippen LogP contribution < -0.4 is 0 Å². The highest BCUT2D eigenvalue weighted by molar-refractivity contribution is 5.86. The molecule has 0 bridgehead atoms. The van der Waals surface area contributed by atoms with Crippen LogP contribution in [0.1, 0.15) is 61.9 Å². The number of fused-ring (bicyclic) bond motifs is 3. The van der Waals surface area contributed by atoms with Crippen LogP contribution in [0.25, 0.3) is 10.9 Å². The maximum atomic E-state index is 4.26. The zero-order valence-electron chi connectivity index (χ0n) is 18.7. The second-order valence-corrected chi connectivity index (χ2v) is 10.1. The van der Waals surface area contributed by atoms with Gasteiger partial charge in [-0.1, -0.05) is 32.4 Å². The molecule has 3 heterocycles. The molecule has 0 amide bonds. The number of nitrogens with zero attached hydrogens (tertiary/aromatic N) is 3. The van der Waals surface area contributed by atoms with Crippen molar-refractivity contribution < 1.29 is 0 Å². The van der Waals surface area contributed by atoms with Crippen LogP contribution in [0.2, 0.25) is 0 Å². The van der Waals surface area contributed by atoms with Crippen molar-refractivity contribution in [2.75, 3.05) is 13.6 Å². The summed E-state index contributed by atoms with van der Waals surface area (Å²) in [4.78, 5) is 6.71.